The van der Waals surface area contributed by atoms with Crippen LogP contribution in [0.25, 0.3) is 0 Å². The maximum atomic E-state index is 12.9. The lowest BCUT2D eigenvalue weighted by molar-refractivity contribution is -0.155. The summed E-state index contributed by atoms with van der Waals surface area (Å²) in [7, 11) is 0. The Morgan fingerprint density at radius 3 is 2.14 bits per heavy atom. The van der Waals surface area contributed by atoms with Crippen molar-refractivity contribution in [1.82, 2.24) is 34.6 Å². The van der Waals surface area contributed by atoms with E-state index in [9.17, 15) is 31.1 Å². The number of hydrogen-bond donors (Lipinski definition) is 0. The van der Waals surface area contributed by atoms with E-state index < -0.39 is 23.9 Å². The van der Waals surface area contributed by atoms with Crippen LogP contribution < -0.4 is 0 Å². The van der Waals surface area contributed by atoms with Gasteiger partial charge in [-0.05, 0) is 38.8 Å². The average Bonchev–Trinajstić information content (AvgIpc) is 3.40. The summed E-state index contributed by atoms with van der Waals surface area (Å²) in [4.78, 5) is 21.9. The van der Waals surface area contributed by atoms with Gasteiger partial charge in [-0.25, -0.2) is 14.5 Å². The second-order valence-corrected chi connectivity index (χ2v) is 11.1. The maximum absolute atomic E-state index is 12.9. The molecule has 2 amide bonds. The third-order valence-electron chi connectivity index (χ3n) is 8.26. The van der Waals surface area contributed by atoms with Gasteiger partial charge in [0, 0.05) is 49.6 Å². The summed E-state index contributed by atoms with van der Waals surface area (Å²) in [5.41, 5.74) is 0.245. The molecule has 2 aromatic rings. The molecule has 9 nitrogen and oxygen atoms in total. The summed E-state index contributed by atoms with van der Waals surface area (Å²) in [6.07, 6.45) is -4.93. The van der Waals surface area contributed by atoms with Gasteiger partial charge in [0.2, 0.25) is 5.76 Å². The van der Waals surface area contributed by atoms with Crippen molar-refractivity contribution in [3.8, 4) is 0 Å². The van der Waals surface area contributed by atoms with Crippen LogP contribution in [0.15, 0.2) is 16.9 Å². The largest absolute Gasteiger partial charge is 0.453 e. The van der Waals surface area contributed by atoms with Crippen LogP contribution >= 0.6 is 0 Å². The fourth-order valence-corrected chi connectivity index (χ4v) is 6.21. The molecule has 4 fully saturated rings. The lowest BCUT2D eigenvalue weighted by Crippen LogP contribution is -2.70. The molecular weight excluding hydrogens is 508 g/mol. The third-order valence-corrected chi connectivity index (χ3v) is 8.26. The summed E-state index contributed by atoms with van der Waals surface area (Å²) >= 11 is 0. The number of amides is 2. The number of piperidine rings is 1. The minimum Gasteiger partial charge on any atom is -0.351 e. The third kappa shape index (κ3) is 4.44. The van der Waals surface area contributed by atoms with Crippen molar-refractivity contribution < 1.29 is 35.7 Å². The molecule has 15 heteroatoms. The van der Waals surface area contributed by atoms with Gasteiger partial charge in [0.05, 0.1) is 11.7 Å². The van der Waals surface area contributed by atoms with Gasteiger partial charge >= 0.3 is 18.4 Å². The molecule has 0 bridgehead atoms. The average molecular weight is 533 g/mol. The monoisotopic (exact) mass is 533 g/mol. The van der Waals surface area contributed by atoms with Crippen molar-refractivity contribution in [3.05, 3.63) is 29.7 Å². The molecule has 3 saturated heterocycles. The van der Waals surface area contributed by atoms with Crippen LogP contribution in [0, 0.1) is 10.8 Å². The zero-order valence-electron chi connectivity index (χ0n) is 19.7. The molecule has 2 spiro atoms. The van der Waals surface area contributed by atoms with Gasteiger partial charge in [0.1, 0.15) is 6.33 Å². The first-order valence-corrected chi connectivity index (χ1v) is 12.1. The predicted molar refractivity (Wildman–Crippen MR) is 113 cm³/mol. The van der Waals surface area contributed by atoms with Crippen molar-refractivity contribution >= 4 is 6.03 Å². The molecule has 202 valence electrons. The number of aromatic nitrogens is 4. The Morgan fingerprint density at radius 1 is 0.973 bits per heavy atom. The summed E-state index contributed by atoms with van der Waals surface area (Å²) in [6, 6.07) is 0.796. The lowest BCUT2D eigenvalue weighted by atomic mass is 9.60. The molecule has 6 rings (SSSR count). The molecule has 3 aliphatic heterocycles. The number of carbonyl (C=O) groups excluding carboxylic acids is 1. The summed E-state index contributed by atoms with van der Waals surface area (Å²) in [6.45, 7) is 4.23. The summed E-state index contributed by atoms with van der Waals surface area (Å²) in [5.74, 6) is -2.23. The number of urea groups is 1. The fourth-order valence-electron chi connectivity index (χ4n) is 6.21. The normalized spacial score (nSPS) is 23.7. The van der Waals surface area contributed by atoms with Crippen LogP contribution in [0.1, 0.15) is 49.0 Å². The Bertz CT molecular complexity index is 1160. The van der Waals surface area contributed by atoms with E-state index in [1.54, 1.807) is 4.90 Å². The van der Waals surface area contributed by atoms with E-state index in [0.29, 0.717) is 58.7 Å². The number of hydrogen-bond acceptors (Lipinski definition) is 6. The Balaban J connectivity index is 0.926. The van der Waals surface area contributed by atoms with E-state index in [2.05, 4.69) is 19.8 Å². The van der Waals surface area contributed by atoms with Gasteiger partial charge in [-0.15, -0.1) is 5.10 Å². The summed E-state index contributed by atoms with van der Waals surface area (Å²) < 4.78 is 81.9. The smallest absolute Gasteiger partial charge is 0.351 e. The minimum absolute atomic E-state index is 0.00970. The number of alkyl halides is 6. The zero-order chi connectivity index (χ0) is 26.2. The molecule has 0 aromatic carbocycles. The topological polar surface area (TPSA) is 83.5 Å². The van der Waals surface area contributed by atoms with Crippen LogP contribution in [0.4, 0.5) is 31.1 Å². The Hall–Kier alpha value is -2.84. The molecule has 4 aliphatic rings. The highest BCUT2D eigenvalue weighted by molar-refractivity contribution is 5.76. The number of carbonyl (C=O) groups is 1. The number of nitrogens with zero attached hydrogens (tertiary/aromatic N) is 7. The Kier molecular flexibility index (Phi) is 5.35. The molecular formula is C22H25F6N7O2. The molecule has 0 N–H and O–H groups in total. The fraction of sp³-hybridized carbons (Fsp3) is 0.727. The van der Waals surface area contributed by atoms with Gasteiger partial charge in [-0.2, -0.15) is 26.3 Å². The van der Waals surface area contributed by atoms with E-state index in [1.807, 2.05) is 9.80 Å². The minimum atomic E-state index is -4.56. The SMILES string of the molecule is O=C(N1CC2(CCN(Cc3cc(C(F)(F)F)on3)CC2)C1)N1CC2(CC(n3cnc(C(F)(F)F)n3)C2)C1. The van der Waals surface area contributed by atoms with Crippen LogP contribution in [-0.2, 0) is 18.9 Å². The molecule has 1 aliphatic carbocycles. The predicted octanol–water partition coefficient (Wildman–Crippen LogP) is 3.66. The maximum Gasteiger partial charge on any atom is 0.453 e. The molecule has 37 heavy (non-hydrogen) atoms. The Morgan fingerprint density at radius 2 is 1.59 bits per heavy atom. The van der Waals surface area contributed by atoms with E-state index in [0.717, 1.165) is 25.2 Å². The second kappa shape index (κ2) is 8.08. The molecule has 0 atom stereocenters. The highest BCUT2D eigenvalue weighted by Crippen LogP contribution is 2.54. The van der Waals surface area contributed by atoms with Gasteiger partial charge < -0.3 is 14.3 Å². The van der Waals surface area contributed by atoms with E-state index >= 15 is 0 Å². The van der Waals surface area contributed by atoms with Crippen molar-refractivity contribution in [1.29, 1.82) is 0 Å². The van der Waals surface area contributed by atoms with Crippen LogP contribution in [0.5, 0.6) is 0 Å². The highest BCUT2D eigenvalue weighted by Gasteiger charge is 2.57. The first-order chi connectivity index (χ1) is 17.3. The van der Waals surface area contributed by atoms with Crippen LogP contribution in [0.2, 0.25) is 0 Å². The van der Waals surface area contributed by atoms with E-state index in [4.69, 9.17) is 0 Å². The highest BCUT2D eigenvalue weighted by atomic mass is 19.4. The molecule has 0 unspecified atom stereocenters. The standard InChI is InChI=1S/C22H25F6N7O2/c23-21(24,25)16-5-14(31-37-16)8-32-3-1-19(2-4-32)9-33(10-19)18(36)34-11-20(12-34)6-15(7-20)35-13-29-17(30-35)22(26,27)28/h5,13,15H,1-4,6-12H2. The van der Waals surface area contributed by atoms with Gasteiger partial charge in [-0.3, -0.25) is 4.90 Å². The van der Waals surface area contributed by atoms with Gasteiger partial charge in [0.25, 0.3) is 5.82 Å². The number of halogens is 6. The van der Waals surface area contributed by atoms with Crippen molar-refractivity contribution in [2.75, 3.05) is 39.3 Å². The van der Waals surface area contributed by atoms with Crippen LogP contribution in [0.3, 0.4) is 0 Å². The van der Waals surface area contributed by atoms with E-state index in [-0.39, 0.29) is 28.6 Å². The molecule has 2 aromatic heterocycles. The van der Waals surface area contributed by atoms with Gasteiger partial charge in [0.15, 0.2) is 0 Å². The Labute approximate surface area is 207 Å². The van der Waals surface area contributed by atoms with Crippen LogP contribution in [-0.4, -0.2) is 79.9 Å². The van der Waals surface area contributed by atoms with E-state index in [1.165, 1.54) is 4.68 Å². The molecule has 0 radical (unpaired) electrons. The lowest BCUT2D eigenvalue weighted by Gasteiger charge is -2.61. The van der Waals surface area contributed by atoms with Crippen molar-refractivity contribution in [2.45, 2.75) is 50.6 Å². The quantitative estimate of drug-likeness (QED) is 0.561. The van der Waals surface area contributed by atoms with Gasteiger partial charge in [-0.1, -0.05) is 5.16 Å². The first kappa shape index (κ1) is 24.5. The number of likely N-dealkylation sites (tertiary alicyclic amines) is 3. The van der Waals surface area contributed by atoms with Crippen molar-refractivity contribution in [2.24, 2.45) is 10.8 Å². The van der Waals surface area contributed by atoms with Crippen molar-refractivity contribution in [3.63, 3.8) is 0 Å². The number of rotatable bonds is 3. The zero-order valence-corrected chi connectivity index (χ0v) is 19.7. The molecule has 1 saturated carbocycles. The first-order valence-electron chi connectivity index (χ1n) is 12.1. The second-order valence-electron chi connectivity index (χ2n) is 11.1. The molecule has 5 heterocycles. The summed E-state index contributed by atoms with van der Waals surface area (Å²) in [5, 5.41) is 7.08.